The highest BCUT2D eigenvalue weighted by Gasteiger charge is 2.23. The molecule has 1 unspecified atom stereocenters. The highest BCUT2D eigenvalue weighted by Crippen LogP contribution is 2.31. The Hall–Kier alpha value is -3.72. The third-order valence-corrected chi connectivity index (χ3v) is 4.77. The van der Waals surface area contributed by atoms with Gasteiger partial charge in [0.25, 0.3) is 5.91 Å². The van der Waals surface area contributed by atoms with Crippen molar-refractivity contribution in [2.75, 3.05) is 5.73 Å². The van der Waals surface area contributed by atoms with Gasteiger partial charge in [0.1, 0.15) is 6.07 Å². The Balaban J connectivity index is 1.58. The number of anilines is 1. The number of benzene rings is 2. The average Bonchev–Trinajstić information content (AvgIpc) is 3.11. The van der Waals surface area contributed by atoms with E-state index in [1.54, 1.807) is 18.2 Å². The Labute approximate surface area is 156 Å². The predicted octanol–water partition coefficient (Wildman–Crippen LogP) is 3.01. The molecule has 0 aliphatic heterocycles. The van der Waals surface area contributed by atoms with Crippen molar-refractivity contribution in [3.05, 3.63) is 77.1 Å². The monoisotopic (exact) mass is 355 g/mol. The quantitative estimate of drug-likeness (QED) is 0.751. The zero-order valence-electron chi connectivity index (χ0n) is 14.5. The SMILES string of the molecule is N#Cc1nc(-c2cccc(C(=O)NC3CCc4ccccc43)c2)cnc1N. The van der Waals surface area contributed by atoms with E-state index >= 15 is 0 Å². The van der Waals surface area contributed by atoms with E-state index in [0.29, 0.717) is 16.8 Å². The minimum absolute atomic E-state index is 0.0267. The number of nitrogens with zero attached hydrogens (tertiary/aromatic N) is 3. The van der Waals surface area contributed by atoms with Crippen LogP contribution in [0, 0.1) is 11.3 Å². The summed E-state index contributed by atoms with van der Waals surface area (Å²) in [6.45, 7) is 0. The van der Waals surface area contributed by atoms with Gasteiger partial charge >= 0.3 is 0 Å². The van der Waals surface area contributed by atoms with Gasteiger partial charge < -0.3 is 11.1 Å². The van der Waals surface area contributed by atoms with E-state index in [4.69, 9.17) is 11.0 Å². The molecule has 1 atom stereocenters. The molecule has 27 heavy (non-hydrogen) atoms. The van der Waals surface area contributed by atoms with Crippen molar-refractivity contribution < 1.29 is 4.79 Å². The molecule has 2 aromatic carbocycles. The summed E-state index contributed by atoms with van der Waals surface area (Å²) in [5.41, 5.74) is 9.92. The van der Waals surface area contributed by atoms with Gasteiger partial charge in [0.15, 0.2) is 11.5 Å². The van der Waals surface area contributed by atoms with Crippen molar-refractivity contribution in [1.82, 2.24) is 15.3 Å². The van der Waals surface area contributed by atoms with Gasteiger partial charge in [0.05, 0.1) is 17.9 Å². The average molecular weight is 355 g/mol. The summed E-state index contributed by atoms with van der Waals surface area (Å²) in [6, 6.07) is 17.3. The van der Waals surface area contributed by atoms with E-state index in [1.165, 1.54) is 17.3 Å². The van der Waals surface area contributed by atoms with E-state index in [2.05, 4.69) is 27.4 Å². The van der Waals surface area contributed by atoms with Crippen molar-refractivity contribution in [3.8, 4) is 17.3 Å². The largest absolute Gasteiger partial charge is 0.381 e. The summed E-state index contributed by atoms with van der Waals surface area (Å²) < 4.78 is 0. The minimum Gasteiger partial charge on any atom is -0.381 e. The van der Waals surface area contributed by atoms with Crippen LogP contribution >= 0.6 is 0 Å². The van der Waals surface area contributed by atoms with Gasteiger partial charge in [0.2, 0.25) is 0 Å². The molecule has 6 heteroatoms. The van der Waals surface area contributed by atoms with Crippen molar-refractivity contribution in [2.45, 2.75) is 18.9 Å². The second-order valence-corrected chi connectivity index (χ2v) is 6.45. The number of fused-ring (bicyclic) bond motifs is 1. The first-order valence-electron chi connectivity index (χ1n) is 8.67. The molecule has 0 radical (unpaired) electrons. The number of nitriles is 1. The fraction of sp³-hybridized carbons (Fsp3) is 0.143. The number of carbonyl (C=O) groups is 1. The molecule has 0 fully saturated rings. The lowest BCUT2D eigenvalue weighted by Gasteiger charge is -2.14. The number of hydrogen-bond acceptors (Lipinski definition) is 5. The Bertz CT molecular complexity index is 1070. The van der Waals surface area contributed by atoms with Gasteiger partial charge in [-0.15, -0.1) is 0 Å². The van der Waals surface area contributed by atoms with Crippen LogP contribution < -0.4 is 11.1 Å². The molecule has 1 aromatic heterocycles. The lowest BCUT2D eigenvalue weighted by molar-refractivity contribution is 0.0937. The van der Waals surface area contributed by atoms with Crippen molar-refractivity contribution in [1.29, 1.82) is 5.26 Å². The van der Waals surface area contributed by atoms with Gasteiger partial charge in [-0.05, 0) is 36.1 Å². The summed E-state index contributed by atoms with van der Waals surface area (Å²) in [6.07, 6.45) is 3.37. The smallest absolute Gasteiger partial charge is 0.251 e. The summed E-state index contributed by atoms with van der Waals surface area (Å²) in [5.74, 6) is -0.0440. The van der Waals surface area contributed by atoms with E-state index in [-0.39, 0.29) is 23.5 Å². The topological polar surface area (TPSA) is 105 Å². The van der Waals surface area contributed by atoms with Crippen LogP contribution in [0.4, 0.5) is 5.82 Å². The van der Waals surface area contributed by atoms with Crippen LogP contribution in [0.1, 0.15) is 39.6 Å². The molecule has 1 aliphatic rings. The summed E-state index contributed by atoms with van der Waals surface area (Å²) in [7, 11) is 0. The number of rotatable bonds is 3. The zero-order chi connectivity index (χ0) is 18.8. The molecule has 0 saturated heterocycles. The Morgan fingerprint density at radius 3 is 2.93 bits per heavy atom. The molecular formula is C21H17N5O. The number of aryl methyl sites for hydroxylation is 1. The maximum absolute atomic E-state index is 12.8. The zero-order valence-corrected chi connectivity index (χ0v) is 14.5. The number of hydrogen-bond donors (Lipinski definition) is 2. The van der Waals surface area contributed by atoms with E-state index in [9.17, 15) is 4.79 Å². The van der Waals surface area contributed by atoms with Crippen LogP contribution in [0.2, 0.25) is 0 Å². The van der Waals surface area contributed by atoms with Crippen molar-refractivity contribution >= 4 is 11.7 Å². The molecule has 4 rings (SSSR count). The van der Waals surface area contributed by atoms with E-state index in [1.807, 2.05) is 24.3 Å². The second-order valence-electron chi connectivity index (χ2n) is 6.45. The van der Waals surface area contributed by atoms with E-state index in [0.717, 1.165) is 12.8 Å². The fourth-order valence-corrected chi connectivity index (χ4v) is 3.39. The number of carbonyl (C=O) groups excluding carboxylic acids is 1. The van der Waals surface area contributed by atoms with Gasteiger partial charge in [-0.1, -0.05) is 36.4 Å². The van der Waals surface area contributed by atoms with Crippen LogP contribution in [-0.2, 0) is 6.42 Å². The molecule has 0 bridgehead atoms. The Kier molecular flexibility index (Phi) is 4.27. The second kappa shape index (κ2) is 6.89. The van der Waals surface area contributed by atoms with Crippen molar-refractivity contribution in [3.63, 3.8) is 0 Å². The molecule has 3 N–H and O–H groups in total. The molecule has 3 aromatic rings. The molecule has 1 amide bonds. The number of amides is 1. The molecule has 6 nitrogen and oxygen atoms in total. The third kappa shape index (κ3) is 3.23. The lowest BCUT2D eigenvalue weighted by Crippen LogP contribution is -2.27. The molecule has 1 heterocycles. The maximum Gasteiger partial charge on any atom is 0.251 e. The molecular weight excluding hydrogens is 338 g/mol. The molecule has 132 valence electrons. The molecule has 1 aliphatic carbocycles. The normalized spacial score (nSPS) is 15.0. The summed E-state index contributed by atoms with van der Waals surface area (Å²) in [4.78, 5) is 21.0. The van der Waals surface area contributed by atoms with E-state index < -0.39 is 0 Å². The Morgan fingerprint density at radius 1 is 1.22 bits per heavy atom. The predicted molar refractivity (Wildman–Crippen MR) is 102 cm³/mol. The van der Waals surface area contributed by atoms with Gasteiger partial charge in [-0.2, -0.15) is 5.26 Å². The standard InChI is InChI=1S/C21H17N5O/c22-11-18-20(23)24-12-19(25-18)14-5-3-6-15(10-14)21(27)26-17-9-8-13-4-1-2-7-16(13)17/h1-7,10,12,17H,8-9H2,(H2,23,24)(H,26,27). The van der Waals surface area contributed by atoms with Crippen LogP contribution in [0.3, 0.4) is 0 Å². The number of nitrogens with one attached hydrogen (secondary N) is 1. The minimum atomic E-state index is -0.137. The highest BCUT2D eigenvalue weighted by molar-refractivity contribution is 5.95. The Morgan fingerprint density at radius 2 is 2.07 bits per heavy atom. The van der Waals surface area contributed by atoms with Crippen LogP contribution in [0.25, 0.3) is 11.3 Å². The maximum atomic E-state index is 12.8. The summed E-state index contributed by atoms with van der Waals surface area (Å²) >= 11 is 0. The number of nitrogens with two attached hydrogens (primary N) is 1. The first-order chi connectivity index (χ1) is 13.2. The van der Waals surface area contributed by atoms with Gasteiger partial charge in [-0.25, -0.2) is 9.97 Å². The third-order valence-electron chi connectivity index (χ3n) is 4.77. The first kappa shape index (κ1) is 16.7. The van der Waals surface area contributed by atoms with Crippen LogP contribution in [0.5, 0.6) is 0 Å². The lowest BCUT2D eigenvalue weighted by atomic mass is 10.1. The number of nitrogen functional groups attached to an aromatic ring is 1. The first-order valence-corrected chi connectivity index (χ1v) is 8.67. The molecule has 0 spiro atoms. The highest BCUT2D eigenvalue weighted by atomic mass is 16.1. The van der Waals surface area contributed by atoms with Crippen LogP contribution in [-0.4, -0.2) is 15.9 Å². The van der Waals surface area contributed by atoms with Gasteiger partial charge in [-0.3, -0.25) is 4.79 Å². The molecule has 0 saturated carbocycles. The van der Waals surface area contributed by atoms with Crippen molar-refractivity contribution in [2.24, 2.45) is 0 Å². The summed E-state index contributed by atoms with van der Waals surface area (Å²) in [5, 5.41) is 12.2. The van der Waals surface area contributed by atoms with Crippen LogP contribution in [0.15, 0.2) is 54.7 Å². The number of aromatic nitrogens is 2. The fourth-order valence-electron chi connectivity index (χ4n) is 3.39. The van der Waals surface area contributed by atoms with Gasteiger partial charge in [0, 0.05) is 11.1 Å².